The van der Waals surface area contributed by atoms with E-state index >= 15 is 0 Å². The molecule has 1 aliphatic rings. The van der Waals surface area contributed by atoms with E-state index in [0.29, 0.717) is 13.0 Å². The SMILES string of the molecule is COCCC(C)(O)CNC(=O)C1CCC(C)O1. The Kier molecular flexibility index (Phi) is 5.36. The molecule has 0 saturated carbocycles. The van der Waals surface area contributed by atoms with Gasteiger partial charge < -0.3 is 19.9 Å². The second kappa shape index (κ2) is 6.33. The number of rotatable bonds is 6. The number of aliphatic hydroxyl groups is 1. The average molecular weight is 245 g/mol. The summed E-state index contributed by atoms with van der Waals surface area (Å²) in [5, 5.41) is 12.7. The molecule has 100 valence electrons. The fraction of sp³-hybridized carbons (Fsp3) is 0.917. The van der Waals surface area contributed by atoms with Gasteiger partial charge in [0, 0.05) is 26.7 Å². The normalized spacial score (nSPS) is 27.8. The molecule has 0 aliphatic carbocycles. The van der Waals surface area contributed by atoms with Gasteiger partial charge in [-0.15, -0.1) is 0 Å². The second-order valence-corrected chi connectivity index (χ2v) is 4.97. The molecule has 0 spiro atoms. The highest BCUT2D eigenvalue weighted by Gasteiger charge is 2.29. The smallest absolute Gasteiger partial charge is 0.249 e. The standard InChI is InChI=1S/C12H23NO4/c1-9-4-5-10(17-9)11(14)13-8-12(2,15)6-7-16-3/h9-10,15H,4-8H2,1-3H3,(H,13,14). The highest BCUT2D eigenvalue weighted by atomic mass is 16.5. The van der Waals surface area contributed by atoms with Crippen LogP contribution in [0.15, 0.2) is 0 Å². The Morgan fingerprint density at radius 1 is 1.59 bits per heavy atom. The first kappa shape index (κ1) is 14.4. The van der Waals surface area contributed by atoms with Crippen LogP contribution in [0.4, 0.5) is 0 Å². The van der Waals surface area contributed by atoms with Gasteiger partial charge in [-0.05, 0) is 26.7 Å². The predicted molar refractivity (Wildman–Crippen MR) is 63.7 cm³/mol. The third-order valence-electron chi connectivity index (χ3n) is 3.01. The van der Waals surface area contributed by atoms with E-state index in [-0.39, 0.29) is 24.7 Å². The van der Waals surface area contributed by atoms with E-state index in [0.717, 1.165) is 12.8 Å². The average Bonchev–Trinajstić information content (AvgIpc) is 2.70. The zero-order chi connectivity index (χ0) is 12.9. The highest BCUT2D eigenvalue weighted by Crippen LogP contribution is 2.19. The van der Waals surface area contributed by atoms with Crippen molar-refractivity contribution in [3.8, 4) is 0 Å². The van der Waals surface area contributed by atoms with E-state index in [4.69, 9.17) is 9.47 Å². The van der Waals surface area contributed by atoms with Gasteiger partial charge in [0.2, 0.25) is 5.91 Å². The summed E-state index contributed by atoms with van der Waals surface area (Å²) >= 11 is 0. The highest BCUT2D eigenvalue weighted by molar-refractivity contribution is 5.81. The molecule has 0 bridgehead atoms. The molecule has 3 atom stereocenters. The molecule has 0 radical (unpaired) electrons. The largest absolute Gasteiger partial charge is 0.388 e. The van der Waals surface area contributed by atoms with Crippen molar-refractivity contribution in [1.82, 2.24) is 5.32 Å². The lowest BCUT2D eigenvalue weighted by Gasteiger charge is -2.24. The fourth-order valence-electron chi connectivity index (χ4n) is 1.80. The van der Waals surface area contributed by atoms with Crippen molar-refractivity contribution in [2.75, 3.05) is 20.3 Å². The van der Waals surface area contributed by atoms with E-state index in [1.54, 1.807) is 14.0 Å². The molecule has 1 heterocycles. The molecule has 3 unspecified atom stereocenters. The molecule has 0 aromatic heterocycles. The van der Waals surface area contributed by atoms with Crippen LogP contribution in [0.5, 0.6) is 0 Å². The van der Waals surface area contributed by atoms with Crippen molar-refractivity contribution >= 4 is 5.91 Å². The van der Waals surface area contributed by atoms with Gasteiger partial charge >= 0.3 is 0 Å². The molecular formula is C12H23NO4. The minimum atomic E-state index is -0.935. The molecule has 1 amide bonds. The van der Waals surface area contributed by atoms with E-state index < -0.39 is 5.60 Å². The summed E-state index contributed by atoms with van der Waals surface area (Å²) in [5.74, 6) is -0.132. The first-order valence-electron chi connectivity index (χ1n) is 6.09. The first-order chi connectivity index (χ1) is 7.94. The molecule has 17 heavy (non-hydrogen) atoms. The topological polar surface area (TPSA) is 67.8 Å². The number of nitrogens with one attached hydrogen (secondary N) is 1. The van der Waals surface area contributed by atoms with Gasteiger partial charge in [-0.3, -0.25) is 4.79 Å². The monoisotopic (exact) mass is 245 g/mol. The summed E-state index contributed by atoms with van der Waals surface area (Å²) in [6.45, 7) is 4.34. The molecule has 2 N–H and O–H groups in total. The van der Waals surface area contributed by atoms with Crippen molar-refractivity contribution in [2.45, 2.75) is 50.9 Å². The van der Waals surface area contributed by atoms with Crippen LogP contribution in [0.25, 0.3) is 0 Å². The Labute approximate surface area is 102 Å². The molecule has 5 nitrogen and oxygen atoms in total. The summed E-state index contributed by atoms with van der Waals surface area (Å²) in [5.41, 5.74) is -0.935. The molecule has 0 aromatic rings. The van der Waals surface area contributed by atoms with Gasteiger partial charge in [0.1, 0.15) is 6.10 Å². The van der Waals surface area contributed by atoms with Crippen LogP contribution < -0.4 is 5.32 Å². The third kappa shape index (κ3) is 5.02. The number of methoxy groups -OCH3 is 1. The number of carbonyl (C=O) groups excluding carboxylic acids is 1. The summed E-state index contributed by atoms with van der Waals surface area (Å²) < 4.78 is 10.4. The fourth-order valence-corrected chi connectivity index (χ4v) is 1.80. The zero-order valence-corrected chi connectivity index (χ0v) is 10.9. The lowest BCUT2D eigenvalue weighted by molar-refractivity contribution is -0.133. The molecule has 5 heteroatoms. The minimum absolute atomic E-state index is 0.132. The van der Waals surface area contributed by atoms with Crippen LogP contribution in [0.2, 0.25) is 0 Å². The first-order valence-corrected chi connectivity index (χ1v) is 6.09. The van der Waals surface area contributed by atoms with E-state index in [2.05, 4.69) is 5.32 Å². The molecular weight excluding hydrogens is 222 g/mol. The number of hydrogen-bond acceptors (Lipinski definition) is 4. The van der Waals surface area contributed by atoms with E-state index in [1.807, 2.05) is 6.92 Å². The van der Waals surface area contributed by atoms with E-state index in [1.165, 1.54) is 0 Å². The molecule has 1 rings (SSSR count). The van der Waals surface area contributed by atoms with Crippen LogP contribution in [0.1, 0.15) is 33.1 Å². The Bertz CT molecular complexity index is 255. The van der Waals surface area contributed by atoms with Crippen LogP contribution in [0, 0.1) is 0 Å². The summed E-state index contributed by atoms with van der Waals surface area (Å²) in [7, 11) is 1.59. The van der Waals surface area contributed by atoms with Crippen LogP contribution in [0.3, 0.4) is 0 Å². The van der Waals surface area contributed by atoms with Crippen molar-refractivity contribution in [1.29, 1.82) is 0 Å². The lowest BCUT2D eigenvalue weighted by Crippen LogP contribution is -2.44. The maximum absolute atomic E-state index is 11.7. The van der Waals surface area contributed by atoms with Gasteiger partial charge in [-0.2, -0.15) is 0 Å². The van der Waals surface area contributed by atoms with Gasteiger partial charge in [0.15, 0.2) is 0 Å². The van der Waals surface area contributed by atoms with Gasteiger partial charge in [0.05, 0.1) is 11.7 Å². The van der Waals surface area contributed by atoms with Gasteiger partial charge in [0.25, 0.3) is 0 Å². The quantitative estimate of drug-likeness (QED) is 0.713. The maximum atomic E-state index is 11.7. The predicted octanol–water partition coefficient (Wildman–Crippen LogP) is 0.458. The Morgan fingerprint density at radius 2 is 2.29 bits per heavy atom. The molecule has 1 fully saturated rings. The van der Waals surface area contributed by atoms with Crippen molar-refractivity contribution in [3.05, 3.63) is 0 Å². The molecule has 1 saturated heterocycles. The Morgan fingerprint density at radius 3 is 2.82 bits per heavy atom. The number of ether oxygens (including phenoxy) is 2. The van der Waals surface area contributed by atoms with Crippen molar-refractivity contribution in [3.63, 3.8) is 0 Å². The summed E-state index contributed by atoms with van der Waals surface area (Å²) in [4.78, 5) is 11.7. The van der Waals surface area contributed by atoms with Gasteiger partial charge in [-0.1, -0.05) is 0 Å². The maximum Gasteiger partial charge on any atom is 0.249 e. The minimum Gasteiger partial charge on any atom is -0.388 e. The second-order valence-electron chi connectivity index (χ2n) is 4.97. The Hall–Kier alpha value is -0.650. The van der Waals surface area contributed by atoms with Crippen molar-refractivity contribution in [2.24, 2.45) is 0 Å². The molecule has 0 aromatic carbocycles. The van der Waals surface area contributed by atoms with E-state index in [9.17, 15) is 9.90 Å². The lowest BCUT2D eigenvalue weighted by atomic mass is 10.0. The summed E-state index contributed by atoms with van der Waals surface area (Å²) in [6, 6.07) is 0. The van der Waals surface area contributed by atoms with Gasteiger partial charge in [-0.25, -0.2) is 0 Å². The van der Waals surface area contributed by atoms with Crippen LogP contribution in [-0.4, -0.2) is 49.1 Å². The molecule has 1 aliphatic heterocycles. The van der Waals surface area contributed by atoms with Crippen LogP contribution >= 0.6 is 0 Å². The Balaban J connectivity index is 2.27. The van der Waals surface area contributed by atoms with Crippen LogP contribution in [-0.2, 0) is 14.3 Å². The number of amides is 1. The zero-order valence-electron chi connectivity index (χ0n) is 10.9. The van der Waals surface area contributed by atoms with Crippen molar-refractivity contribution < 1.29 is 19.4 Å². The number of carbonyl (C=O) groups is 1. The summed E-state index contributed by atoms with van der Waals surface area (Å²) in [6.07, 6.45) is 1.96. The number of hydrogen-bond donors (Lipinski definition) is 2. The third-order valence-corrected chi connectivity index (χ3v) is 3.01.